The summed E-state index contributed by atoms with van der Waals surface area (Å²) in [5.74, 6) is -1.21. The summed E-state index contributed by atoms with van der Waals surface area (Å²) in [6.45, 7) is 9.20. The first-order valence-corrected chi connectivity index (χ1v) is 14.8. The maximum Gasteiger partial charge on any atom is 0.559 e. The van der Waals surface area contributed by atoms with E-state index in [4.69, 9.17) is 4.74 Å². The molecule has 0 amide bonds. The molecular formula is C38H30N2O2+2. The minimum Gasteiger partial charge on any atom is -0.331 e. The normalized spacial score (nSPS) is 18.7. The van der Waals surface area contributed by atoms with Crippen molar-refractivity contribution in [1.82, 2.24) is 0 Å². The molecule has 2 aliphatic heterocycles. The minimum atomic E-state index is -1.20. The van der Waals surface area contributed by atoms with Gasteiger partial charge in [0.25, 0.3) is 0 Å². The third kappa shape index (κ3) is 2.58. The number of hydrogen-bond donors (Lipinski definition) is 0. The van der Waals surface area contributed by atoms with E-state index in [0.717, 1.165) is 27.7 Å². The molecule has 4 nitrogen and oxygen atoms in total. The summed E-state index contributed by atoms with van der Waals surface area (Å²) in [5.41, 5.74) is 11.1. The standard InChI is InChI=1S/C38H30N2O2/c1-22(2)27-21-28-33(24-14-6-5-13-23(24)27)38(39-20-12-11-19-31(39)36(41)42-38)40-30-18-10-8-16-26(30)34-32(35(28)40)25-15-7-9-17-29(25)37(34,3)4/h5-22H,1-4H3/q+2. The molecule has 9 rings (SSSR count). The fourth-order valence-electron chi connectivity index (χ4n) is 8.19. The monoisotopic (exact) mass is 546 g/mol. The lowest BCUT2D eigenvalue weighted by Gasteiger charge is -2.23. The van der Waals surface area contributed by atoms with Gasteiger partial charge in [-0.05, 0) is 51.8 Å². The van der Waals surface area contributed by atoms with Crippen LogP contribution in [-0.2, 0) is 16.0 Å². The number of carbonyl (C=O) groups excluding carboxylic acids is 1. The Morgan fingerprint density at radius 2 is 1.43 bits per heavy atom. The fourth-order valence-corrected chi connectivity index (χ4v) is 8.19. The largest absolute Gasteiger partial charge is 0.559 e. The Kier molecular flexibility index (Phi) is 4.38. The molecule has 0 fully saturated rings. The molecular weight excluding hydrogens is 516 g/mol. The van der Waals surface area contributed by atoms with Gasteiger partial charge in [-0.1, -0.05) is 97.5 Å². The van der Waals surface area contributed by atoms with Gasteiger partial charge in [0, 0.05) is 29.0 Å². The molecule has 0 bridgehead atoms. The molecule has 0 radical (unpaired) electrons. The van der Waals surface area contributed by atoms with Crippen molar-refractivity contribution in [2.45, 2.75) is 44.9 Å². The van der Waals surface area contributed by atoms with Gasteiger partial charge in [-0.25, -0.2) is 4.79 Å². The predicted molar refractivity (Wildman–Crippen MR) is 163 cm³/mol. The number of para-hydroxylation sites is 1. The summed E-state index contributed by atoms with van der Waals surface area (Å²) in [5, 5.41) is 3.49. The Balaban J connectivity index is 1.60. The van der Waals surface area contributed by atoms with Gasteiger partial charge in [0.1, 0.15) is 0 Å². The molecule has 1 atom stereocenters. The van der Waals surface area contributed by atoms with Crippen LogP contribution in [0.2, 0.25) is 0 Å². The lowest BCUT2D eigenvalue weighted by molar-refractivity contribution is -0.993. The number of benzene rings is 4. The van der Waals surface area contributed by atoms with Gasteiger partial charge in [0.05, 0.1) is 16.5 Å². The summed E-state index contributed by atoms with van der Waals surface area (Å²) < 4.78 is 11.1. The smallest absolute Gasteiger partial charge is 0.331 e. The second-order valence-electron chi connectivity index (χ2n) is 12.7. The average molecular weight is 547 g/mol. The Morgan fingerprint density at radius 1 is 0.738 bits per heavy atom. The van der Waals surface area contributed by atoms with E-state index < -0.39 is 5.85 Å². The van der Waals surface area contributed by atoms with Crippen LogP contribution in [0.1, 0.15) is 66.4 Å². The molecule has 4 heterocycles. The molecule has 202 valence electrons. The van der Waals surface area contributed by atoms with Crippen LogP contribution >= 0.6 is 0 Å². The molecule has 1 spiro atoms. The topological polar surface area (TPSA) is 34.1 Å². The highest BCUT2D eigenvalue weighted by molar-refractivity contribution is 6.04. The highest BCUT2D eigenvalue weighted by atomic mass is 16.6. The van der Waals surface area contributed by atoms with E-state index in [1.54, 1.807) is 0 Å². The van der Waals surface area contributed by atoms with E-state index >= 15 is 0 Å². The molecule has 1 aliphatic carbocycles. The van der Waals surface area contributed by atoms with E-state index in [9.17, 15) is 4.79 Å². The van der Waals surface area contributed by atoms with E-state index in [-0.39, 0.29) is 11.4 Å². The summed E-state index contributed by atoms with van der Waals surface area (Å²) >= 11 is 0. The van der Waals surface area contributed by atoms with Crippen molar-refractivity contribution in [3.05, 3.63) is 131 Å². The molecule has 0 N–H and O–H groups in total. The van der Waals surface area contributed by atoms with Crippen LogP contribution < -0.4 is 9.13 Å². The van der Waals surface area contributed by atoms with Crippen molar-refractivity contribution in [2.24, 2.45) is 0 Å². The summed E-state index contributed by atoms with van der Waals surface area (Å²) in [4.78, 5) is 13.8. The van der Waals surface area contributed by atoms with Crippen molar-refractivity contribution in [3.8, 4) is 22.4 Å². The van der Waals surface area contributed by atoms with Crippen LogP contribution in [0, 0.1) is 0 Å². The van der Waals surface area contributed by atoms with Crippen molar-refractivity contribution < 1.29 is 18.7 Å². The van der Waals surface area contributed by atoms with Gasteiger partial charge in [0.2, 0.25) is 11.2 Å². The molecule has 4 heteroatoms. The van der Waals surface area contributed by atoms with Crippen LogP contribution in [0.5, 0.6) is 0 Å². The maximum absolute atomic E-state index is 13.8. The van der Waals surface area contributed by atoms with Crippen molar-refractivity contribution in [3.63, 3.8) is 0 Å². The summed E-state index contributed by atoms with van der Waals surface area (Å²) in [6.07, 6.45) is 2.00. The second kappa shape index (κ2) is 7.71. The van der Waals surface area contributed by atoms with Gasteiger partial charge in [-0.2, -0.15) is 0 Å². The number of nitrogens with zero attached hydrogens (tertiary/aromatic N) is 2. The van der Waals surface area contributed by atoms with E-state index in [0.29, 0.717) is 11.6 Å². The SMILES string of the molecule is CC(C)c1cc2c(c3ccccc13)C1(OC(=O)c3cccc[n+]31)[n+]1c-2c2c(c3ccccc31)C(C)(C)c1ccccc1-2. The summed E-state index contributed by atoms with van der Waals surface area (Å²) in [7, 11) is 0. The first-order chi connectivity index (χ1) is 20.4. The molecule has 0 saturated heterocycles. The van der Waals surface area contributed by atoms with E-state index in [1.807, 2.05) is 24.4 Å². The number of rotatable bonds is 1. The van der Waals surface area contributed by atoms with Crippen LogP contribution in [0.15, 0.2) is 103 Å². The van der Waals surface area contributed by atoms with E-state index in [2.05, 4.69) is 116 Å². The molecule has 3 aliphatic rings. The highest BCUT2D eigenvalue weighted by Gasteiger charge is 2.72. The number of esters is 1. The minimum absolute atomic E-state index is 0.202. The Bertz CT molecular complexity index is 2210. The lowest BCUT2D eigenvalue weighted by atomic mass is 9.80. The number of aromatic nitrogens is 2. The Hall–Kier alpha value is -4.83. The van der Waals surface area contributed by atoms with Gasteiger partial charge in [-0.15, -0.1) is 0 Å². The zero-order valence-corrected chi connectivity index (χ0v) is 24.1. The number of carbonyl (C=O) groups is 1. The van der Waals surface area contributed by atoms with Crippen molar-refractivity contribution >= 4 is 27.6 Å². The first-order valence-electron chi connectivity index (χ1n) is 14.8. The molecule has 42 heavy (non-hydrogen) atoms. The Labute approximate surface area is 244 Å². The third-order valence-corrected chi connectivity index (χ3v) is 9.83. The van der Waals surface area contributed by atoms with E-state index in [1.165, 1.54) is 38.6 Å². The number of ether oxygens (including phenoxy) is 1. The van der Waals surface area contributed by atoms with Crippen LogP contribution in [0.25, 0.3) is 44.1 Å². The average Bonchev–Trinajstić information content (AvgIpc) is 3.56. The molecule has 0 saturated carbocycles. The summed E-state index contributed by atoms with van der Waals surface area (Å²) in [6, 6.07) is 34.2. The highest BCUT2D eigenvalue weighted by Crippen LogP contribution is 2.57. The molecule has 2 aromatic heterocycles. The predicted octanol–water partition coefficient (Wildman–Crippen LogP) is 7.36. The first kappa shape index (κ1) is 23.8. The molecule has 6 aromatic rings. The number of fused-ring (bicyclic) bond motifs is 16. The zero-order chi connectivity index (χ0) is 28.5. The second-order valence-corrected chi connectivity index (χ2v) is 12.7. The zero-order valence-electron chi connectivity index (χ0n) is 24.1. The van der Waals surface area contributed by atoms with Gasteiger partial charge >= 0.3 is 17.5 Å². The van der Waals surface area contributed by atoms with Crippen LogP contribution in [0.3, 0.4) is 0 Å². The molecule has 1 unspecified atom stereocenters. The van der Waals surface area contributed by atoms with Crippen molar-refractivity contribution in [1.29, 1.82) is 0 Å². The van der Waals surface area contributed by atoms with Gasteiger partial charge in [-0.3, -0.25) is 0 Å². The Morgan fingerprint density at radius 3 is 2.24 bits per heavy atom. The molecule has 4 aromatic carbocycles. The quantitative estimate of drug-likeness (QED) is 0.160. The van der Waals surface area contributed by atoms with Crippen LogP contribution in [-0.4, -0.2) is 5.97 Å². The third-order valence-electron chi connectivity index (χ3n) is 9.83. The lowest BCUT2D eigenvalue weighted by Crippen LogP contribution is -2.72. The maximum atomic E-state index is 13.8. The number of pyridine rings is 2. The van der Waals surface area contributed by atoms with Crippen LogP contribution in [0.4, 0.5) is 0 Å². The van der Waals surface area contributed by atoms with Crippen molar-refractivity contribution in [2.75, 3.05) is 0 Å². The number of hydrogen-bond acceptors (Lipinski definition) is 2. The van der Waals surface area contributed by atoms with Gasteiger partial charge < -0.3 is 4.74 Å². The fraction of sp³-hybridized carbons (Fsp3) is 0.184. The van der Waals surface area contributed by atoms with Gasteiger partial charge in [0.15, 0.2) is 11.8 Å².